The molecule has 0 bridgehead atoms. The lowest BCUT2D eigenvalue weighted by Crippen LogP contribution is -2.14. The minimum absolute atomic E-state index is 0.106. The summed E-state index contributed by atoms with van der Waals surface area (Å²) in [5.74, 6) is 1.79. The zero-order valence-electron chi connectivity index (χ0n) is 11.4. The van der Waals surface area contributed by atoms with Gasteiger partial charge in [-0.1, -0.05) is 58.3 Å². The van der Waals surface area contributed by atoms with Crippen molar-refractivity contribution in [2.45, 2.75) is 70.8 Å². The number of thioether (sulfide) groups is 1. The van der Waals surface area contributed by atoms with E-state index in [0.717, 1.165) is 5.75 Å². The maximum Gasteiger partial charge on any atom is 0.0861 e. The van der Waals surface area contributed by atoms with Crippen LogP contribution < -0.4 is 0 Å². The van der Waals surface area contributed by atoms with E-state index in [9.17, 15) is 0 Å². The number of rotatable bonds is 13. The predicted molar refractivity (Wildman–Crippen MR) is 77.6 cm³/mol. The quantitative estimate of drug-likeness (QED) is 0.498. The second-order valence-electron chi connectivity index (χ2n) is 4.74. The molecular weight excluding hydrogens is 232 g/mol. The van der Waals surface area contributed by atoms with E-state index < -0.39 is 6.10 Å². The lowest BCUT2D eigenvalue weighted by Gasteiger charge is -2.06. The van der Waals surface area contributed by atoms with Gasteiger partial charge in [0.25, 0.3) is 0 Å². The van der Waals surface area contributed by atoms with E-state index in [1.54, 1.807) is 11.8 Å². The topological polar surface area (TPSA) is 40.5 Å². The molecule has 0 spiro atoms. The van der Waals surface area contributed by atoms with Gasteiger partial charge in [-0.15, -0.1) is 0 Å². The van der Waals surface area contributed by atoms with Crippen molar-refractivity contribution in [2.24, 2.45) is 0 Å². The van der Waals surface area contributed by atoms with Gasteiger partial charge in [0, 0.05) is 5.75 Å². The van der Waals surface area contributed by atoms with Gasteiger partial charge in [-0.25, -0.2) is 0 Å². The van der Waals surface area contributed by atoms with Crippen LogP contribution in [0.3, 0.4) is 0 Å². The van der Waals surface area contributed by atoms with Crippen LogP contribution in [0, 0.1) is 0 Å². The van der Waals surface area contributed by atoms with E-state index >= 15 is 0 Å². The van der Waals surface area contributed by atoms with Gasteiger partial charge in [-0.05, 0) is 12.2 Å². The van der Waals surface area contributed by atoms with Crippen LogP contribution in [0.25, 0.3) is 0 Å². The Morgan fingerprint density at radius 3 is 1.94 bits per heavy atom. The molecule has 2 nitrogen and oxygen atoms in total. The molecule has 104 valence electrons. The molecule has 0 radical (unpaired) electrons. The Morgan fingerprint density at radius 2 is 1.41 bits per heavy atom. The largest absolute Gasteiger partial charge is 0.394 e. The summed E-state index contributed by atoms with van der Waals surface area (Å²) in [6.07, 6.45) is 11.7. The van der Waals surface area contributed by atoms with Crippen LogP contribution >= 0.6 is 11.8 Å². The van der Waals surface area contributed by atoms with Gasteiger partial charge in [-0.2, -0.15) is 11.8 Å². The lowest BCUT2D eigenvalue weighted by atomic mass is 10.1. The summed E-state index contributed by atoms with van der Waals surface area (Å²) in [5.41, 5.74) is 0. The molecule has 0 aromatic rings. The SMILES string of the molecule is CCCCCCCCCCCSCC(O)CO. The molecule has 1 atom stereocenters. The van der Waals surface area contributed by atoms with E-state index in [0.29, 0.717) is 5.75 Å². The highest BCUT2D eigenvalue weighted by Gasteiger charge is 2.00. The van der Waals surface area contributed by atoms with Crippen LogP contribution in [-0.2, 0) is 0 Å². The predicted octanol–water partition coefficient (Wildman–Crippen LogP) is 3.60. The summed E-state index contributed by atoms with van der Waals surface area (Å²) in [6, 6.07) is 0. The van der Waals surface area contributed by atoms with Crippen molar-refractivity contribution in [1.82, 2.24) is 0 Å². The van der Waals surface area contributed by atoms with Crippen molar-refractivity contribution in [1.29, 1.82) is 0 Å². The van der Waals surface area contributed by atoms with Crippen LogP contribution in [-0.4, -0.2) is 34.4 Å². The zero-order chi connectivity index (χ0) is 12.8. The van der Waals surface area contributed by atoms with Crippen LogP contribution in [0.4, 0.5) is 0 Å². The van der Waals surface area contributed by atoms with Crippen molar-refractivity contribution in [2.75, 3.05) is 18.1 Å². The molecule has 17 heavy (non-hydrogen) atoms. The third-order valence-electron chi connectivity index (χ3n) is 2.91. The van der Waals surface area contributed by atoms with E-state index in [1.165, 1.54) is 57.8 Å². The molecule has 0 fully saturated rings. The first-order valence-corrected chi connectivity index (χ1v) is 8.33. The van der Waals surface area contributed by atoms with Crippen LogP contribution in [0.15, 0.2) is 0 Å². The molecule has 0 aromatic carbocycles. The molecule has 0 aliphatic carbocycles. The van der Waals surface area contributed by atoms with Crippen LogP contribution in [0.5, 0.6) is 0 Å². The standard InChI is InChI=1S/C14H30O2S/c1-2-3-4-5-6-7-8-9-10-11-17-13-14(16)12-15/h14-16H,2-13H2,1H3. The van der Waals surface area contributed by atoms with Gasteiger partial charge >= 0.3 is 0 Å². The number of hydrogen-bond donors (Lipinski definition) is 2. The summed E-state index contributed by atoms with van der Waals surface area (Å²) in [6.45, 7) is 2.15. The maximum absolute atomic E-state index is 9.13. The highest BCUT2D eigenvalue weighted by Crippen LogP contribution is 2.12. The van der Waals surface area contributed by atoms with Crippen molar-refractivity contribution >= 4 is 11.8 Å². The average Bonchev–Trinajstić information content (AvgIpc) is 2.35. The fourth-order valence-corrected chi connectivity index (χ4v) is 2.74. The lowest BCUT2D eigenvalue weighted by molar-refractivity contribution is 0.113. The van der Waals surface area contributed by atoms with Gasteiger partial charge in [0.1, 0.15) is 0 Å². The van der Waals surface area contributed by atoms with Crippen LogP contribution in [0.1, 0.15) is 64.7 Å². The zero-order valence-corrected chi connectivity index (χ0v) is 12.2. The van der Waals surface area contributed by atoms with Gasteiger partial charge in [0.05, 0.1) is 12.7 Å². The summed E-state index contributed by atoms with van der Waals surface area (Å²) < 4.78 is 0. The molecular formula is C14H30O2S. The van der Waals surface area contributed by atoms with Gasteiger partial charge in [0.15, 0.2) is 0 Å². The third kappa shape index (κ3) is 14.2. The molecule has 0 rings (SSSR count). The number of hydrogen-bond acceptors (Lipinski definition) is 3. The Morgan fingerprint density at radius 1 is 0.882 bits per heavy atom. The Bertz CT molecular complexity index is 142. The van der Waals surface area contributed by atoms with E-state index in [-0.39, 0.29) is 6.61 Å². The van der Waals surface area contributed by atoms with E-state index in [4.69, 9.17) is 10.2 Å². The second-order valence-corrected chi connectivity index (χ2v) is 5.89. The van der Waals surface area contributed by atoms with Crippen LogP contribution in [0.2, 0.25) is 0 Å². The summed E-state index contributed by atoms with van der Waals surface area (Å²) in [4.78, 5) is 0. The number of aliphatic hydroxyl groups excluding tert-OH is 2. The minimum Gasteiger partial charge on any atom is -0.394 e. The van der Waals surface area contributed by atoms with Gasteiger partial charge in [-0.3, -0.25) is 0 Å². The van der Waals surface area contributed by atoms with E-state index in [2.05, 4.69) is 6.92 Å². The fraction of sp³-hybridized carbons (Fsp3) is 1.00. The van der Waals surface area contributed by atoms with Crippen molar-refractivity contribution in [3.05, 3.63) is 0 Å². The molecule has 0 aliphatic rings. The first-order valence-electron chi connectivity index (χ1n) is 7.18. The molecule has 2 N–H and O–H groups in total. The Kier molecular flexibility index (Phi) is 14.6. The third-order valence-corrected chi connectivity index (χ3v) is 4.11. The minimum atomic E-state index is -0.529. The number of unbranched alkanes of at least 4 members (excludes halogenated alkanes) is 8. The average molecular weight is 262 g/mol. The maximum atomic E-state index is 9.13. The molecule has 1 unspecified atom stereocenters. The fourth-order valence-electron chi connectivity index (χ4n) is 1.79. The van der Waals surface area contributed by atoms with Gasteiger partial charge < -0.3 is 10.2 Å². The first-order chi connectivity index (χ1) is 8.31. The Labute approximate surface area is 111 Å². The Hall–Kier alpha value is 0.270. The molecule has 3 heteroatoms. The highest BCUT2D eigenvalue weighted by atomic mass is 32.2. The molecule has 0 saturated carbocycles. The monoisotopic (exact) mass is 262 g/mol. The van der Waals surface area contributed by atoms with Crippen molar-refractivity contribution in [3.8, 4) is 0 Å². The highest BCUT2D eigenvalue weighted by molar-refractivity contribution is 7.99. The van der Waals surface area contributed by atoms with E-state index in [1.807, 2.05) is 0 Å². The van der Waals surface area contributed by atoms with Crippen molar-refractivity contribution < 1.29 is 10.2 Å². The molecule has 0 saturated heterocycles. The second kappa shape index (κ2) is 14.3. The molecule has 0 heterocycles. The smallest absolute Gasteiger partial charge is 0.0861 e. The normalized spacial score (nSPS) is 12.9. The molecule has 0 aromatic heterocycles. The molecule has 0 amide bonds. The molecule has 0 aliphatic heterocycles. The first kappa shape index (κ1) is 17.3. The van der Waals surface area contributed by atoms with Crippen molar-refractivity contribution in [3.63, 3.8) is 0 Å². The summed E-state index contributed by atoms with van der Waals surface area (Å²) >= 11 is 1.75. The summed E-state index contributed by atoms with van der Waals surface area (Å²) in [5, 5.41) is 17.8. The summed E-state index contributed by atoms with van der Waals surface area (Å²) in [7, 11) is 0. The number of aliphatic hydroxyl groups is 2. The Balaban J connectivity index is 2.94. The van der Waals surface area contributed by atoms with Gasteiger partial charge in [0.2, 0.25) is 0 Å².